The van der Waals surface area contributed by atoms with Crippen LogP contribution in [0.25, 0.3) is 5.65 Å². The molecule has 0 spiro atoms. The van der Waals surface area contributed by atoms with Crippen molar-refractivity contribution >= 4 is 11.5 Å². The third kappa shape index (κ3) is 2.77. The topological polar surface area (TPSA) is 60.7 Å². The predicted molar refractivity (Wildman–Crippen MR) is 68.9 cm³/mol. The van der Waals surface area contributed by atoms with E-state index in [1.165, 1.54) is 0 Å². The van der Waals surface area contributed by atoms with Crippen molar-refractivity contribution in [1.29, 1.82) is 0 Å². The molecule has 98 valence electrons. The minimum atomic E-state index is 0.00841. The summed E-state index contributed by atoms with van der Waals surface area (Å²) >= 11 is 0. The molecule has 1 N–H and O–H groups in total. The Morgan fingerprint density at radius 2 is 2.22 bits per heavy atom. The third-order valence-electron chi connectivity index (χ3n) is 2.72. The van der Waals surface area contributed by atoms with Crippen LogP contribution in [0.4, 0.5) is 5.82 Å². The molecule has 2 rings (SSSR count). The summed E-state index contributed by atoms with van der Waals surface area (Å²) in [4.78, 5) is 4.18. The number of methoxy groups -OCH3 is 2. The van der Waals surface area contributed by atoms with Crippen LogP contribution < -0.4 is 5.32 Å². The molecular formula is C12H18N4O2. The number of ether oxygens (including phenoxy) is 2. The molecule has 0 radical (unpaired) electrons. The highest BCUT2D eigenvalue weighted by Gasteiger charge is 2.09. The van der Waals surface area contributed by atoms with Crippen LogP contribution in [0.15, 0.2) is 18.5 Å². The van der Waals surface area contributed by atoms with Crippen LogP contribution in [0.2, 0.25) is 0 Å². The summed E-state index contributed by atoms with van der Waals surface area (Å²) in [5.41, 5.74) is 1.97. The molecule has 6 nitrogen and oxygen atoms in total. The Bertz CT molecular complexity index is 512. The smallest absolute Gasteiger partial charge is 0.157 e. The maximum Gasteiger partial charge on any atom is 0.157 e. The zero-order valence-corrected chi connectivity index (χ0v) is 10.9. The lowest BCUT2D eigenvalue weighted by molar-refractivity contribution is 0.0365. The summed E-state index contributed by atoms with van der Waals surface area (Å²) in [7, 11) is 3.33. The summed E-state index contributed by atoms with van der Waals surface area (Å²) in [6.07, 6.45) is 1.55. The lowest BCUT2D eigenvalue weighted by Gasteiger charge is -2.16. The number of fused-ring (bicyclic) bond motifs is 1. The van der Waals surface area contributed by atoms with Gasteiger partial charge >= 0.3 is 0 Å². The van der Waals surface area contributed by atoms with Crippen LogP contribution in [0.1, 0.15) is 5.56 Å². The first-order valence-electron chi connectivity index (χ1n) is 5.80. The maximum atomic E-state index is 5.30. The van der Waals surface area contributed by atoms with E-state index < -0.39 is 0 Å². The lowest BCUT2D eigenvalue weighted by atomic mass is 10.3. The molecule has 1 atom stereocenters. The van der Waals surface area contributed by atoms with Gasteiger partial charge in [0.15, 0.2) is 5.65 Å². The number of nitrogens with zero attached hydrogens (tertiary/aromatic N) is 3. The molecule has 0 saturated carbocycles. The van der Waals surface area contributed by atoms with Crippen molar-refractivity contribution in [3.05, 3.63) is 24.0 Å². The molecule has 0 aliphatic rings. The summed E-state index contributed by atoms with van der Waals surface area (Å²) in [6, 6.07) is 4.02. The Hall–Kier alpha value is -1.66. The van der Waals surface area contributed by atoms with Crippen molar-refractivity contribution in [2.75, 3.05) is 32.7 Å². The van der Waals surface area contributed by atoms with Gasteiger partial charge in [-0.3, -0.25) is 0 Å². The van der Waals surface area contributed by atoms with E-state index in [9.17, 15) is 0 Å². The van der Waals surface area contributed by atoms with Crippen LogP contribution >= 0.6 is 0 Å². The summed E-state index contributed by atoms with van der Waals surface area (Å²) < 4.78 is 12.2. The minimum Gasteiger partial charge on any atom is -0.382 e. The van der Waals surface area contributed by atoms with Gasteiger partial charge < -0.3 is 14.8 Å². The number of hydrogen-bond acceptors (Lipinski definition) is 5. The highest BCUT2D eigenvalue weighted by molar-refractivity contribution is 5.51. The van der Waals surface area contributed by atoms with Gasteiger partial charge in [-0.15, -0.1) is 0 Å². The van der Waals surface area contributed by atoms with Crippen molar-refractivity contribution in [3.63, 3.8) is 0 Å². The van der Waals surface area contributed by atoms with Gasteiger partial charge in [0.05, 0.1) is 12.7 Å². The van der Waals surface area contributed by atoms with Crippen LogP contribution in [0, 0.1) is 6.92 Å². The quantitative estimate of drug-likeness (QED) is 0.832. The molecule has 2 aromatic rings. The van der Waals surface area contributed by atoms with E-state index in [2.05, 4.69) is 15.4 Å². The van der Waals surface area contributed by atoms with Gasteiger partial charge in [-0.05, 0) is 24.6 Å². The summed E-state index contributed by atoms with van der Waals surface area (Å²) in [5.74, 6) is 0.903. The molecule has 6 heteroatoms. The van der Waals surface area contributed by atoms with Gasteiger partial charge in [-0.2, -0.15) is 9.61 Å². The first-order chi connectivity index (χ1) is 8.74. The Balaban J connectivity index is 2.13. The van der Waals surface area contributed by atoms with Gasteiger partial charge in [0.1, 0.15) is 12.1 Å². The van der Waals surface area contributed by atoms with Gasteiger partial charge in [0.2, 0.25) is 0 Å². The molecular weight excluding hydrogens is 232 g/mol. The largest absolute Gasteiger partial charge is 0.382 e. The van der Waals surface area contributed by atoms with E-state index >= 15 is 0 Å². The van der Waals surface area contributed by atoms with E-state index in [0.29, 0.717) is 13.2 Å². The van der Waals surface area contributed by atoms with Crippen LogP contribution in [-0.2, 0) is 9.47 Å². The summed E-state index contributed by atoms with van der Waals surface area (Å²) in [5, 5.41) is 7.49. The molecule has 0 bridgehead atoms. The second kappa shape index (κ2) is 5.79. The summed E-state index contributed by atoms with van der Waals surface area (Å²) in [6.45, 7) is 3.24. The van der Waals surface area contributed by atoms with Crippen molar-refractivity contribution in [3.8, 4) is 0 Å². The Morgan fingerprint density at radius 1 is 1.39 bits per heavy atom. The van der Waals surface area contributed by atoms with E-state index in [1.54, 1.807) is 25.1 Å². The first-order valence-corrected chi connectivity index (χ1v) is 5.80. The van der Waals surface area contributed by atoms with Gasteiger partial charge in [-0.1, -0.05) is 0 Å². The number of aromatic nitrogens is 3. The minimum absolute atomic E-state index is 0.00841. The van der Waals surface area contributed by atoms with Crippen molar-refractivity contribution in [1.82, 2.24) is 14.6 Å². The standard InChI is InChI=1S/C12H18N4O2/c1-9-4-11(13-6-10(18-3)7-17-2)16-12(5-9)14-8-15-16/h4-5,8,10,13H,6-7H2,1-3H3. The van der Waals surface area contributed by atoms with Crippen LogP contribution in [0.3, 0.4) is 0 Å². The van der Waals surface area contributed by atoms with Gasteiger partial charge in [-0.25, -0.2) is 4.98 Å². The van der Waals surface area contributed by atoms with Gasteiger partial charge in [0.25, 0.3) is 0 Å². The second-order valence-electron chi connectivity index (χ2n) is 4.14. The zero-order valence-electron chi connectivity index (χ0n) is 10.9. The molecule has 0 aromatic carbocycles. The number of nitrogens with one attached hydrogen (secondary N) is 1. The Morgan fingerprint density at radius 3 is 2.94 bits per heavy atom. The fourth-order valence-corrected chi connectivity index (χ4v) is 1.80. The van der Waals surface area contributed by atoms with Crippen molar-refractivity contribution in [2.24, 2.45) is 0 Å². The number of pyridine rings is 1. The monoisotopic (exact) mass is 250 g/mol. The molecule has 0 fully saturated rings. The molecule has 2 heterocycles. The molecule has 0 saturated heterocycles. The van der Waals surface area contributed by atoms with Crippen LogP contribution in [0.5, 0.6) is 0 Å². The number of hydrogen-bond donors (Lipinski definition) is 1. The average molecular weight is 250 g/mol. The molecule has 0 aliphatic heterocycles. The number of anilines is 1. The first kappa shape index (κ1) is 12.8. The lowest BCUT2D eigenvalue weighted by Crippen LogP contribution is -2.27. The number of aryl methyl sites for hydroxylation is 1. The maximum absolute atomic E-state index is 5.30. The molecule has 0 amide bonds. The average Bonchev–Trinajstić information content (AvgIpc) is 2.82. The van der Waals surface area contributed by atoms with E-state index in [4.69, 9.17) is 9.47 Å². The van der Waals surface area contributed by atoms with Crippen molar-refractivity contribution < 1.29 is 9.47 Å². The highest BCUT2D eigenvalue weighted by Crippen LogP contribution is 2.13. The molecule has 1 unspecified atom stereocenters. The SMILES string of the molecule is COCC(CNc1cc(C)cc2ncnn12)OC. The normalized spacial score (nSPS) is 12.8. The van der Waals surface area contributed by atoms with E-state index in [0.717, 1.165) is 17.0 Å². The predicted octanol–water partition coefficient (Wildman–Crippen LogP) is 1.11. The Labute approximate surface area is 106 Å². The van der Waals surface area contributed by atoms with E-state index in [1.807, 2.05) is 19.1 Å². The van der Waals surface area contributed by atoms with Crippen molar-refractivity contribution in [2.45, 2.75) is 13.0 Å². The third-order valence-corrected chi connectivity index (χ3v) is 2.72. The van der Waals surface area contributed by atoms with Gasteiger partial charge in [0, 0.05) is 20.8 Å². The van der Waals surface area contributed by atoms with Crippen LogP contribution in [-0.4, -0.2) is 48.1 Å². The highest BCUT2D eigenvalue weighted by atomic mass is 16.5. The molecule has 2 aromatic heterocycles. The Kier molecular flexibility index (Phi) is 4.11. The molecule has 18 heavy (non-hydrogen) atoms. The fourth-order valence-electron chi connectivity index (χ4n) is 1.80. The fraction of sp³-hybridized carbons (Fsp3) is 0.500. The molecule has 0 aliphatic carbocycles. The second-order valence-corrected chi connectivity index (χ2v) is 4.14. The zero-order chi connectivity index (χ0) is 13.0. The number of rotatable bonds is 6. The van der Waals surface area contributed by atoms with E-state index in [-0.39, 0.29) is 6.10 Å².